The number of nitrogens with one attached hydrogen (secondary N) is 1. The minimum Gasteiger partial charge on any atom is -0.469 e. The first kappa shape index (κ1) is 19.0. The van der Waals surface area contributed by atoms with E-state index in [9.17, 15) is 9.18 Å². The summed E-state index contributed by atoms with van der Waals surface area (Å²) in [5, 5.41) is 3.35. The number of anilines is 1. The molecule has 1 aromatic rings. The monoisotopic (exact) mass is 350 g/mol. The van der Waals surface area contributed by atoms with Gasteiger partial charge < -0.3 is 19.9 Å². The van der Waals surface area contributed by atoms with Gasteiger partial charge in [-0.1, -0.05) is 0 Å². The van der Waals surface area contributed by atoms with Crippen LogP contribution in [0.2, 0.25) is 0 Å². The molecule has 0 aromatic heterocycles. The molecule has 0 unspecified atom stereocenters. The van der Waals surface area contributed by atoms with Crippen LogP contribution in [0.4, 0.5) is 10.1 Å². The molecule has 1 heterocycles. The summed E-state index contributed by atoms with van der Waals surface area (Å²) in [5.41, 5.74) is 1.05. The third kappa shape index (κ3) is 5.92. The normalized spacial score (nSPS) is 15.2. The summed E-state index contributed by atoms with van der Waals surface area (Å²) in [5.74, 6) is 0.511. The number of methoxy groups -OCH3 is 1. The fourth-order valence-electron chi connectivity index (χ4n) is 2.86. The second-order valence-corrected chi connectivity index (χ2v) is 5.96. The van der Waals surface area contributed by atoms with Gasteiger partial charge in [0.15, 0.2) is 5.96 Å². The van der Waals surface area contributed by atoms with Crippen molar-refractivity contribution in [2.75, 3.05) is 51.8 Å². The number of unbranched alkanes of at least 4 members (excludes halogenated alkanes) is 1. The van der Waals surface area contributed by atoms with Gasteiger partial charge >= 0.3 is 5.97 Å². The summed E-state index contributed by atoms with van der Waals surface area (Å²) in [7, 11) is 3.19. The predicted molar refractivity (Wildman–Crippen MR) is 97.4 cm³/mol. The third-order valence-electron chi connectivity index (χ3n) is 4.30. The predicted octanol–water partition coefficient (Wildman–Crippen LogP) is 1.87. The molecule has 1 aliphatic heterocycles. The zero-order chi connectivity index (χ0) is 18.1. The van der Waals surface area contributed by atoms with Gasteiger partial charge in [0.2, 0.25) is 0 Å². The Labute approximate surface area is 148 Å². The van der Waals surface area contributed by atoms with Gasteiger partial charge in [0.1, 0.15) is 5.82 Å². The van der Waals surface area contributed by atoms with E-state index in [0.717, 1.165) is 57.2 Å². The van der Waals surface area contributed by atoms with E-state index in [-0.39, 0.29) is 11.8 Å². The highest BCUT2D eigenvalue weighted by Gasteiger charge is 2.19. The minimum atomic E-state index is -0.209. The van der Waals surface area contributed by atoms with E-state index in [0.29, 0.717) is 6.42 Å². The number of carbonyl (C=O) groups is 1. The number of rotatable bonds is 6. The highest BCUT2D eigenvalue weighted by atomic mass is 19.1. The van der Waals surface area contributed by atoms with E-state index in [1.165, 1.54) is 19.2 Å². The molecule has 6 nitrogen and oxygen atoms in total. The molecule has 7 heteroatoms. The number of piperazine rings is 1. The Balaban J connectivity index is 1.72. The van der Waals surface area contributed by atoms with Gasteiger partial charge in [0, 0.05) is 51.9 Å². The molecular formula is C18H27FN4O2. The molecule has 2 rings (SSSR count). The van der Waals surface area contributed by atoms with Crippen molar-refractivity contribution >= 4 is 17.6 Å². The van der Waals surface area contributed by atoms with Crippen molar-refractivity contribution in [2.24, 2.45) is 4.99 Å². The Hall–Kier alpha value is -2.31. The summed E-state index contributed by atoms with van der Waals surface area (Å²) in [6.45, 7) is 4.24. The van der Waals surface area contributed by atoms with Crippen molar-refractivity contribution in [1.82, 2.24) is 10.2 Å². The van der Waals surface area contributed by atoms with Crippen LogP contribution in [0.15, 0.2) is 29.3 Å². The van der Waals surface area contributed by atoms with Crippen molar-refractivity contribution in [2.45, 2.75) is 19.3 Å². The van der Waals surface area contributed by atoms with Crippen molar-refractivity contribution in [3.63, 3.8) is 0 Å². The highest BCUT2D eigenvalue weighted by molar-refractivity contribution is 5.80. The summed E-state index contributed by atoms with van der Waals surface area (Å²) in [4.78, 5) is 19.9. The fourth-order valence-corrected chi connectivity index (χ4v) is 2.86. The quantitative estimate of drug-likeness (QED) is 0.367. The number of ether oxygens (including phenoxy) is 1. The summed E-state index contributed by atoms with van der Waals surface area (Å²) in [6, 6.07) is 6.63. The zero-order valence-corrected chi connectivity index (χ0v) is 15.0. The SMILES string of the molecule is CN=C(NCCCCC(=O)OC)N1CCN(c2ccc(F)cc2)CC1. The maximum absolute atomic E-state index is 13.0. The molecule has 0 radical (unpaired) electrons. The number of hydrogen-bond acceptors (Lipinski definition) is 4. The van der Waals surface area contributed by atoms with E-state index >= 15 is 0 Å². The molecule has 0 amide bonds. The Morgan fingerprint density at radius 2 is 1.88 bits per heavy atom. The molecule has 0 saturated carbocycles. The first-order valence-electron chi connectivity index (χ1n) is 8.67. The number of halogens is 1. The van der Waals surface area contributed by atoms with Gasteiger partial charge in [-0.15, -0.1) is 0 Å². The lowest BCUT2D eigenvalue weighted by Gasteiger charge is -2.37. The molecular weight excluding hydrogens is 323 g/mol. The maximum atomic E-state index is 13.0. The number of carbonyl (C=O) groups excluding carboxylic acids is 1. The molecule has 1 aromatic carbocycles. The molecule has 1 N–H and O–H groups in total. The van der Waals surface area contributed by atoms with Crippen molar-refractivity contribution in [1.29, 1.82) is 0 Å². The van der Waals surface area contributed by atoms with E-state index in [4.69, 9.17) is 0 Å². The van der Waals surface area contributed by atoms with Gasteiger partial charge in [-0.05, 0) is 37.1 Å². The van der Waals surface area contributed by atoms with Gasteiger partial charge in [0.05, 0.1) is 7.11 Å². The van der Waals surface area contributed by atoms with Crippen molar-refractivity contribution in [3.05, 3.63) is 30.1 Å². The number of aliphatic imine (C=N–C) groups is 1. The lowest BCUT2D eigenvalue weighted by molar-refractivity contribution is -0.140. The Kier molecular flexibility index (Phi) is 7.50. The molecule has 1 saturated heterocycles. The van der Waals surface area contributed by atoms with Gasteiger partial charge in [0.25, 0.3) is 0 Å². The Morgan fingerprint density at radius 1 is 1.20 bits per heavy atom. The smallest absolute Gasteiger partial charge is 0.305 e. The lowest BCUT2D eigenvalue weighted by atomic mass is 10.2. The van der Waals surface area contributed by atoms with E-state index in [1.807, 2.05) is 12.1 Å². The van der Waals surface area contributed by atoms with Crippen LogP contribution in [0.25, 0.3) is 0 Å². The standard InChI is InChI=1S/C18H27FN4O2/c1-20-18(21-10-4-3-5-17(24)25-2)23-13-11-22(12-14-23)16-8-6-15(19)7-9-16/h6-9H,3-5,10-14H2,1-2H3,(H,20,21). The van der Waals surface area contributed by atoms with Crippen LogP contribution in [0, 0.1) is 5.82 Å². The maximum Gasteiger partial charge on any atom is 0.305 e. The third-order valence-corrected chi connectivity index (χ3v) is 4.30. The van der Waals surface area contributed by atoms with Gasteiger partial charge in [-0.3, -0.25) is 9.79 Å². The molecule has 1 fully saturated rings. The molecule has 0 bridgehead atoms. The van der Waals surface area contributed by atoms with Gasteiger partial charge in [-0.25, -0.2) is 4.39 Å². The number of hydrogen-bond donors (Lipinski definition) is 1. The van der Waals surface area contributed by atoms with Gasteiger partial charge in [-0.2, -0.15) is 0 Å². The fraction of sp³-hybridized carbons (Fsp3) is 0.556. The average molecular weight is 350 g/mol. The largest absolute Gasteiger partial charge is 0.469 e. The topological polar surface area (TPSA) is 57.2 Å². The number of esters is 1. The summed E-state index contributed by atoms with van der Waals surface area (Å²) < 4.78 is 17.7. The Bertz CT molecular complexity index is 569. The second kappa shape index (κ2) is 9.86. The van der Waals surface area contributed by atoms with Crippen LogP contribution in [0.5, 0.6) is 0 Å². The first-order chi connectivity index (χ1) is 12.1. The summed E-state index contributed by atoms with van der Waals surface area (Å²) >= 11 is 0. The van der Waals surface area contributed by atoms with Crippen LogP contribution in [-0.4, -0.2) is 63.7 Å². The molecule has 0 aliphatic carbocycles. The van der Waals surface area contributed by atoms with Crippen LogP contribution in [0.1, 0.15) is 19.3 Å². The molecule has 0 spiro atoms. The highest BCUT2D eigenvalue weighted by Crippen LogP contribution is 2.16. The minimum absolute atomic E-state index is 0.165. The number of guanidine groups is 1. The molecule has 25 heavy (non-hydrogen) atoms. The van der Waals surface area contributed by atoms with Crippen molar-refractivity contribution in [3.8, 4) is 0 Å². The van der Waals surface area contributed by atoms with E-state index in [1.54, 1.807) is 7.05 Å². The first-order valence-corrected chi connectivity index (χ1v) is 8.67. The van der Waals surface area contributed by atoms with E-state index < -0.39 is 0 Å². The lowest BCUT2D eigenvalue weighted by Crippen LogP contribution is -2.52. The number of nitrogens with zero attached hydrogens (tertiary/aromatic N) is 3. The van der Waals surface area contributed by atoms with Crippen LogP contribution in [-0.2, 0) is 9.53 Å². The summed E-state index contributed by atoms with van der Waals surface area (Å²) in [6.07, 6.45) is 2.14. The molecule has 0 atom stereocenters. The molecule has 138 valence electrons. The van der Waals surface area contributed by atoms with Crippen LogP contribution in [0.3, 0.4) is 0 Å². The molecule has 1 aliphatic rings. The number of benzene rings is 1. The second-order valence-electron chi connectivity index (χ2n) is 5.96. The van der Waals surface area contributed by atoms with E-state index in [2.05, 4.69) is 24.8 Å². The van der Waals surface area contributed by atoms with Crippen LogP contribution >= 0.6 is 0 Å². The zero-order valence-electron chi connectivity index (χ0n) is 15.0. The average Bonchev–Trinajstić information content (AvgIpc) is 2.65. The Morgan fingerprint density at radius 3 is 2.48 bits per heavy atom. The van der Waals surface area contributed by atoms with Crippen LogP contribution < -0.4 is 10.2 Å². The van der Waals surface area contributed by atoms with Crippen molar-refractivity contribution < 1.29 is 13.9 Å².